The lowest BCUT2D eigenvalue weighted by molar-refractivity contribution is -0.383. The second-order valence-corrected chi connectivity index (χ2v) is 5.70. The maximum Gasteiger partial charge on any atom is 0.353 e. The lowest BCUT2D eigenvalue weighted by Gasteiger charge is -2.11. The molecule has 0 saturated heterocycles. The first-order valence-electron chi connectivity index (χ1n) is 8.17. The van der Waals surface area contributed by atoms with Crippen molar-refractivity contribution in [2.75, 3.05) is 17.2 Å². The van der Waals surface area contributed by atoms with Gasteiger partial charge in [-0.3, -0.25) is 10.1 Å². The van der Waals surface area contributed by atoms with Gasteiger partial charge < -0.3 is 15.2 Å². The predicted octanol–water partition coefficient (Wildman–Crippen LogP) is 3.14. The first-order valence-corrected chi connectivity index (χ1v) is 8.17. The number of anilines is 3. The van der Waals surface area contributed by atoms with Crippen molar-refractivity contribution in [1.82, 2.24) is 19.5 Å². The third-order valence-electron chi connectivity index (χ3n) is 3.85. The fourth-order valence-electron chi connectivity index (χ4n) is 2.50. The van der Waals surface area contributed by atoms with Crippen LogP contribution in [0.5, 0.6) is 0 Å². The van der Waals surface area contributed by atoms with Crippen molar-refractivity contribution in [2.45, 2.75) is 19.9 Å². The maximum absolute atomic E-state index is 11.6. The molecule has 0 aliphatic carbocycles. The van der Waals surface area contributed by atoms with Gasteiger partial charge in [0.1, 0.15) is 6.33 Å². The third kappa shape index (κ3) is 4.12. The number of para-hydroxylation sites is 1. The summed E-state index contributed by atoms with van der Waals surface area (Å²) in [5.74, 6) is 0.364. The van der Waals surface area contributed by atoms with Gasteiger partial charge in [-0.1, -0.05) is 18.2 Å². The second-order valence-electron chi connectivity index (χ2n) is 5.70. The second kappa shape index (κ2) is 8.06. The van der Waals surface area contributed by atoms with E-state index in [0.29, 0.717) is 6.54 Å². The Morgan fingerprint density at radius 3 is 2.77 bits per heavy atom. The Bertz CT molecular complexity index is 881. The molecule has 134 valence electrons. The van der Waals surface area contributed by atoms with E-state index < -0.39 is 4.92 Å². The molecule has 9 nitrogen and oxygen atoms in total. The predicted molar refractivity (Wildman–Crippen MR) is 98.5 cm³/mol. The molecular formula is C17H19N7O2. The zero-order valence-corrected chi connectivity index (χ0v) is 14.3. The largest absolute Gasteiger partial charge is 0.364 e. The van der Waals surface area contributed by atoms with E-state index in [-0.39, 0.29) is 17.3 Å². The number of nitro groups is 1. The summed E-state index contributed by atoms with van der Waals surface area (Å²) in [6, 6.07) is 7.53. The van der Waals surface area contributed by atoms with Crippen LogP contribution < -0.4 is 10.6 Å². The van der Waals surface area contributed by atoms with Crippen molar-refractivity contribution in [3.63, 3.8) is 0 Å². The molecule has 2 aromatic heterocycles. The summed E-state index contributed by atoms with van der Waals surface area (Å²) >= 11 is 0. The molecule has 2 heterocycles. The van der Waals surface area contributed by atoms with Crippen LogP contribution in [0.2, 0.25) is 0 Å². The van der Waals surface area contributed by atoms with Crippen LogP contribution in [-0.2, 0) is 6.54 Å². The maximum atomic E-state index is 11.6. The summed E-state index contributed by atoms with van der Waals surface area (Å²) in [7, 11) is 0. The van der Waals surface area contributed by atoms with E-state index in [2.05, 4.69) is 25.6 Å². The van der Waals surface area contributed by atoms with Crippen LogP contribution in [0.4, 0.5) is 23.0 Å². The quantitative estimate of drug-likeness (QED) is 0.363. The Hall–Kier alpha value is -3.49. The highest BCUT2D eigenvalue weighted by molar-refractivity contribution is 5.74. The van der Waals surface area contributed by atoms with Gasteiger partial charge >= 0.3 is 5.69 Å². The van der Waals surface area contributed by atoms with Crippen LogP contribution in [0.25, 0.3) is 0 Å². The molecule has 2 N–H and O–H groups in total. The average molecular weight is 353 g/mol. The average Bonchev–Trinajstić information content (AvgIpc) is 3.14. The van der Waals surface area contributed by atoms with Crippen molar-refractivity contribution in [2.24, 2.45) is 0 Å². The molecule has 0 bridgehead atoms. The van der Waals surface area contributed by atoms with Crippen LogP contribution >= 0.6 is 0 Å². The van der Waals surface area contributed by atoms with Crippen LogP contribution in [0.1, 0.15) is 12.0 Å². The fourth-order valence-corrected chi connectivity index (χ4v) is 2.50. The minimum Gasteiger partial charge on any atom is -0.364 e. The number of aryl methyl sites for hydroxylation is 2. The van der Waals surface area contributed by atoms with Gasteiger partial charge in [0.2, 0.25) is 11.6 Å². The van der Waals surface area contributed by atoms with E-state index >= 15 is 0 Å². The van der Waals surface area contributed by atoms with Crippen LogP contribution in [0.3, 0.4) is 0 Å². The molecule has 0 unspecified atom stereocenters. The van der Waals surface area contributed by atoms with Gasteiger partial charge in [-0.05, 0) is 25.0 Å². The molecule has 9 heteroatoms. The Morgan fingerprint density at radius 2 is 2.04 bits per heavy atom. The molecule has 26 heavy (non-hydrogen) atoms. The van der Waals surface area contributed by atoms with Crippen LogP contribution in [0, 0.1) is 17.0 Å². The van der Waals surface area contributed by atoms with Gasteiger partial charge in [-0.15, -0.1) is 0 Å². The normalized spacial score (nSPS) is 10.5. The highest BCUT2D eigenvalue weighted by atomic mass is 16.6. The summed E-state index contributed by atoms with van der Waals surface area (Å²) in [4.78, 5) is 23.2. The van der Waals surface area contributed by atoms with Gasteiger partial charge in [0.15, 0.2) is 0 Å². The van der Waals surface area contributed by atoms with E-state index in [4.69, 9.17) is 0 Å². The van der Waals surface area contributed by atoms with Crippen molar-refractivity contribution in [3.8, 4) is 0 Å². The Labute approximate surface area is 150 Å². The SMILES string of the molecule is Cc1ccccc1Nc1ncnc(NCCCn2ccnc2)c1[N+](=O)[O-]. The summed E-state index contributed by atoms with van der Waals surface area (Å²) in [6.45, 7) is 3.23. The standard InChI is InChI=1S/C17H19N7O2/c1-13-5-2-3-6-14(13)22-17-15(24(25)26)16(20-11-21-17)19-7-4-9-23-10-8-18-12-23/h2-3,5-6,8,10-12H,4,7,9H2,1H3,(H2,19,20,21,22). The smallest absolute Gasteiger partial charge is 0.353 e. The molecule has 0 amide bonds. The molecule has 0 aliphatic rings. The summed E-state index contributed by atoms with van der Waals surface area (Å²) in [6.07, 6.45) is 7.41. The van der Waals surface area contributed by atoms with Gasteiger partial charge in [0.25, 0.3) is 0 Å². The molecule has 0 saturated carbocycles. The Balaban J connectivity index is 1.73. The molecule has 0 atom stereocenters. The van der Waals surface area contributed by atoms with Gasteiger partial charge in [0.05, 0.1) is 11.3 Å². The van der Waals surface area contributed by atoms with Crippen molar-refractivity contribution < 1.29 is 4.92 Å². The lowest BCUT2D eigenvalue weighted by atomic mass is 10.2. The van der Waals surface area contributed by atoms with E-state index in [9.17, 15) is 10.1 Å². The Morgan fingerprint density at radius 1 is 1.23 bits per heavy atom. The molecule has 3 rings (SSSR count). The zero-order chi connectivity index (χ0) is 18.4. The molecule has 0 aliphatic heterocycles. The number of benzene rings is 1. The van der Waals surface area contributed by atoms with Crippen molar-refractivity contribution >= 4 is 23.0 Å². The first kappa shape index (κ1) is 17.3. The van der Waals surface area contributed by atoms with Gasteiger partial charge in [-0.25, -0.2) is 15.0 Å². The third-order valence-corrected chi connectivity index (χ3v) is 3.85. The molecule has 3 aromatic rings. The number of nitrogens with zero attached hydrogens (tertiary/aromatic N) is 5. The highest BCUT2D eigenvalue weighted by Crippen LogP contribution is 2.31. The van der Waals surface area contributed by atoms with Gasteiger partial charge in [0, 0.05) is 31.2 Å². The summed E-state index contributed by atoms with van der Waals surface area (Å²) < 4.78 is 1.95. The van der Waals surface area contributed by atoms with Gasteiger partial charge in [-0.2, -0.15) is 0 Å². The molecule has 0 radical (unpaired) electrons. The lowest BCUT2D eigenvalue weighted by Crippen LogP contribution is -2.11. The topological polar surface area (TPSA) is 111 Å². The number of imidazole rings is 1. The molecular weight excluding hydrogens is 334 g/mol. The van der Waals surface area contributed by atoms with E-state index in [1.165, 1.54) is 6.33 Å². The number of nitrogens with one attached hydrogen (secondary N) is 2. The zero-order valence-electron chi connectivity index (χ0n) is 14.3. The number of hydrogen-bond donors (Lipinski definition) is 2. The fraction of sp³-hybridized carbons (Fsp3) is 0.235. The van der Waals surface area contributed by atoms with E-state index in [0.717, 1.165) is 24.2 Å². The molecule has 0 fully saturated rings. The van der Waals surface area contributed by atoms with E-state index in [1.807, 2.05) is 42.0 Å². The van der Waals surface area contributed by atoms with E-state index in [1.54, 1.807) is 12.5 Å². The molecule has 0 spiro atoms. The minimum absolute atomic E-state index is 0.163. The number of aromatic nitrogens is 4. The Kier molecular flexibility index (Phi) is 5.37. The van der Waals surface area contributed by atoms with Crippen LogP contribution in [-0.4, -0.2) is 31.0 Å². The summed E-state index contributed by atoms with van der Waals surface area (Å²) in [5, 5.41) is 17.6. The van der Waals surface area contributed by atoms with Crippen LogP contribution in [0.15, 0.2) is 49.3 Å². The highest BCUT2D eigenvalue weighted by Gasteiger charge is 2.23. The number of hydrogen-bond acceptors (Lipinski definition) is 7. The number of rotatable bonds is 8. The molecule has 1 aromatic carbocycles. The minimum atomic E-state index is -0.473. The summed E-state index contributed by atoms with van der Waals surface area (Å²) in [5.41, 5.74) is 1.56. The monoisotopic (exact) mass is 353 g/mol. The first-order chi connectivity index (χ1) is 12.6. The van der Waals surface area contributed by atoms with Crippen molar-refractivity contribution in [3.05, 3.63) is 65.0 Å². The van der Waals surface area contributed by atoms with Crippen molar-refractivity contribution in [1.29, 1.82) is 0 Å².